The molecule has 0 saturated heterocycles. The number of carbonyl (C=O) groups is 2. The Labute approximate surface area is 198 Å². The van der Waals surface area contributed by atoms with Crippen molar-refractivity contribution in [3.05, 3.63) is 35.1 Å². The van der Waals surface area contributed by atoms with Gasteiger partial charge < -0.3 is 4.74 Å². The van der Waals surface area contributed by atoms with Gasteiger partial charge in [0.2, 0.25) is 5.91 Å². The lowest BCUT2D eigenvalue weighted by atomic mass is 10.0. The minimum atomic E-state index is -0.742. The molecule has 0 radical (unpaired) electrons. The zero-order chi connectivity index (χ0) is 22.4. The number of hydrogen-bond acceptors (Lipinski definition) is 8. The standard InChI is InChI=1S/C22H26N6O3S2/c29-17(24-26-20(30)16-6-1-3-9-31-16)12-32-22-27-25-19-15-11-14-5-2-4-10-33(14)21(15)23-18(28(19)22)13-7-8-13/h1,3,6,9,13,16,19,25H,2,4-5,7-8,10-12H2,(H,24,29)(H,26,30). The summed E-state index contributed by atoms with van der Waals surface area (Å²) in [5.74, 6) is 2.24. The molecule has 9 nitrogen and oxygen atoms in total. The van der Waals surface area contributed by atoms with Gasteiger partial charge in [-0.25, -0.2) is 4.99 Å². The molecule has 5 aliphatic heterocycles. The van der Waals surface area contributed by atoms with Crippen LogP contribution in [0, 0.1) is 5.92 Å². The van der Waals surface area contributed by atoms with Gasteiger partial charge in [0.15, 0.2) is 11.3 Å². The molecule has 6 aliphatic rings. The minimum absolute atomic E-state index is 0.0206. The number of hydrazone groups is 1. The Morgan fingerprint density at radius 1 is 1.27 bits per heavy atom. The lowest BCUT2D eigenvalue weighted by Crippen LogP contribution is -2.49. The Morgan fingerprint density at radius 2 is 2.18 bits per heavy atom. The molecule has 3 atom stereocenters. The van der Waals surface area contributed by atoms with Crippen LogP contribution < -0.4 is 16.3 Å². The molecule has 3 N–H and O–H groups in total. The summed E-state index contributed by atoms with van der Waals surface area (Å²) in [6.45, 7) is 0. The summed E-state index contributed by atoms with van der Waals surface area (Å²) in [4.78, 5) is 33.5. The average molecular weight is 487 g/mol. The highest BCUT2D eigenvalue weighted by Gasteiger charge is 2.46. The van der Waals surface area contributed by atoms with Gasteiger partial charge >= 0.3 is 0 Å². The van der Waals surface area contributed by atoms with Gasteiger partial charge in [-0.05, 0) is 54.9 Å². The highest BCUT2D eigenvalue weighted by molar-refractivity contribution is 8.19. The Kier molecular flexibility index (Phi) is 5.53. The van der Waals surface area contributed by atoms with Gasteiger partial charge in [0.1, 0.15) is 12.0 Å². The van der Waals surface area contributed by atoms with Crippen molar-refractivity contribution in [2.75, 3.05) is 11.5 Å². The smallest absolute Gasteiger partial charge is 0.283 e. The summed E-state index contributed by atoms with van der Waals surface area (Å²) in [6.07, 6.45) is 12.9. The Hall–Kier alpha value is -2.53. The van der Waals surface area contributed by atoms with Crippen LogP contribution in [0.3, 0.4) is 0 Å². The fourth-order valence-corrected chi connectivity index (χ4v) is 8.09. The first-order valence-electron chi connectivity index (χ1n) is 11.4. The number of thioether (sulfide) groups is 1. The van der Waals surface area contributed by atoms with E-state index in [9.17, 15) is 9.59 Å². The predicted molar refractivity (Wildman–Crippen MR) is 131 cm³/mol. The Morgan fingerprint density at radius 3 is 3.00 bits per heavy atom. The van der Waals surface area contributed by atoms with E-state index in [0.29, 0.717) is 5.92 Å². The van der Waals surface area contributed by atoms with Gasteiger partial charge in [-0.1, -0.05) is 17.8 Å². The molecule has 5 heterocycles. The van der Waals surface area contributed by atoms with Crippen molar-refractivity contribution in [3.8, 4) is 0 Å². The fraction of sp³-hybridized carbons (Fsp3) is 0.500. The van der Waals surface area contributed by atoms with Crippen molar-refractivity contribution in [2.24, 2.45) is 16.0 Å². The second-order valence-corrected chi connectivity index (χ2v) is 11.8. The van der Waals surface area contributed by atoms with Gasteiger partial charge in [-0.2, -0.15) is 5.10 Å². The van der Waals surface area contributed by atoms with Gasteiger partial charge in [-0.3, -0.25) is 30.8 Å². The van der Waals surface area contributed by atoms with Crippen molar-refractivity contribution in [1.29, 1.82) is 0 Å². The number of rotatable bonds is 4. The van der Waals surface area contributed by atoms with Gasteiger partial charge in [-0.15, -0.1) is 10.5 Å². The van der Waals surface area contributed by atoms with E-state index < -0.39 is 12.0 Å². The number of hydrazine groups is 1. The summed E-state index contributed by atoms with van der Waals surface area (Å²) in [6, 6.07) is 0. The average Bonchev–Trinajstić information content (AvgIpc) is 3.50. The largest absolute Gasteiger partial charge is 0.484 e. The van der Waals surface area contributed by atoms with Gasteiger partial charge in [0.05, 0.1) is 17.0 Å². The molecular weight excluding hydrogens is 460 g/mol. The Bertz CT molecular complexity index is 1090. The van der Waals surface area contributed by atoms with E-state index in [0.717, 1.165) is 30.3 Å². The first-order chi connectivity index (χ1) is 16.2. The van der Waals surface area contributed by atoms with Crippen molar-refractivity contribution < 1.29 is 14.3 Å². The van der Waals surface area contributed by atoms with Crippen LogP contribution in [0.15, 0.2) is 45.2 Å². The van der Waals surface area contributed by atoms with E-state index in [1.165, 1.54) is 53.6 Å². The second kappa shape index (κ2) is 8.68. The number of aliphatic imine (C=N–C) groups is 1. The van der Waals surface area contributed by atoms with Crippen molar-refractivity contribution >= 4 is 49.9 Å². The third-order valence-electron chi connectivity index (χ3n) is 6.40. The highest BCUT2D eigenvalue weighted by atomic mass is 32.2. The monoisotopic (exact) mass is 486 g/mol. The SMILES string of the molecule is O=C(CSC1=NNC2C3=C(N=C(C4CC4)N12)S1=C(CCCC1)C3)NNC(=O)C1C=CC=CO1. The summed E-state index contributed by atoms with van der Waals surface area (Å²) in [5, 5.41) is 6.67. The van der Waals surface area contributed by atoms with E-state index >= 15 is 0 Å². The number of fused-ring (bicyclic) bond motifs is 3. The molecule has 1 fully saturated rings. The van der Waals surface area contributed by atoms with Gasteiger partial charge in [0, 0.05) is 17.9 Å². The van der Waals surface area contributed by atoms with Crippen molar-refractivity contribution in [2.45, 2.75) is 50.8 Å². The first kappa shape index (κ1) is 21.0. The normalized spacial score (nSPS) is 29.4. The zero-order valence-electron chi connectivity index (χ0n) is 18.1. The molecule has 0 bridgehead atoms. The molecule has 0 aromatic carbocycles. The van der Waals surface area contributed by atoms with Crippen molar-refractivity contribution in [3.63, 3.8) is 0 Å². The van der Waals surface area contributed by atoms with E-state index in [1.807, 2.05) is 0 Å². The molecule has 2 amide bonds. The summed E-state index contributed by atoms with van der Waals surface area (Å²) in [5.41, 5.74) is 9.57. The summed E-state index contributed by atoms with van der Waals surface area (Å²) < 4.78 is 5.19. The number of amides is 2. The van der Waals surface area contributed by atoms with E-state index in [-0.39, 0.29) is 28.3 Å². The third-order valence-corrected chi connectivity index (χ3v) is 9.91. The number of nitrogens with zero attached hydrogens (tertiary/aromatic N) is 3. The summed E-state index contributed by atoms with van der Waals surface area (Å²) in [7, 11) is 0.208. The van der Waals surface area contributed by atoms with Crippen LogP contribution in [0.5, 0.6) is 0 Å². The maximum absolute atomic E-state index is 12.4. The van der Waals surface area contributed by atoms with Crippen LogP contribution >= 0.6 is 22.2 Å². The van der Waals surface area contributed by atoms with Crippen LogP contribution in [-0.4, -0.2) is 56.4 Å². The molecule has 11 heteroatoms. The summed E-state index contributed by atoms with van der Waals surface area (Å²) >= 11 is 1.36. The number of hydrogen-bond donors (Lipinski definition) is 3. The number of ether oxygens (including phenoxy) is 1. The topological polar surface area (TPSA) is 107 Å². The fourth-order valence-electron chi connectivity index (χ4n) is 4.63. The van der Waals surface area contributed by atoms with E-state index in [2.05, 4.69) is 26.3 Å². The van der Waals surface area contributed by atoms with Crippen molar-refractivity contribution in [1.82, 2.24) is 21.2 Å². The molecule has 0 spiro atoms. The molecule has 1 saturated carbocycles. The highest BCUT2D eigenvalue weighted by Crippen LogP contribution is 2.50. The number of amidine groups is 2. The minimum Gasteiger partial charge on any atom is -0.484 e. The van der Waals surface area contributed by atoms with Gasteiger partial charge in [0.25, 0.3) is 5.91 Å². The van der Waals surface area contributed by atoms with E-state index in [1.54, 1.807) is 23.1 Å². The molecule has 0 aromatic heterocycles. The number of nitrogens with one attached hydrogen (secondary N) is 3. The Balaban J connectivity index is 1.09. The third kappa shape index (κ3) is 4.01. The quantitative estimate of drug-likeness (QED) is 0.414. The molecule has 174 valence electrons. The lowest BCUT2D eigenvalue weighted by Gasteiger charge is -2.33. The maximum atomic E-state index is 12.4. The van der Waals surface area contributed by atoms with E-state index in [4.69, 9.17) is 9.73 Å². The second-order valence-electron chi connectivity index (χ2n) is 8.73. The molecule has 1 aliphatic carbocycles. The molecule has 0 aromatic rings. The predicted octanol–water partition coefficient (Wildman–Crippen LogP) is 1.90. The number of allylic oxidation sites excluding steroid dienone is 2. The molecule has 3 unspecified atom stereocenters. The molecule has 6 rings (SSSR count). The van der Waals surface area contributed by atoms with Crippen LogP contribution in [0.25, 0.3) is 0 Å². The van der Waals surface area contributed by atoms with Crippen LogP contribution in [0.4, 0.5) is 0 Å². The van der Waals surface area contributed by atoms with Crippen LogP contribution in [0.2, 0.25) is 0 Å². The maximum Gasteiger partial charge on any atom is 0.283 e. The molecule has 33 heavy (non-hydrogen) atoms. The lowest BCUT2D eigenvalue weighted by molar-refractivity contribution is -0.132. The number of carbonyl (C=O) groups excluding carboxylic acids is 2. The zero-order valence-corrected chi connectivity index (χ0v) is 19.7. The first-order valence-corrected chi connectivity index (χ1v) is 13.8. The molecular formula is C22H26N6O3S2. The van der Waals surface area contributed by atoms with Crippen LogP contribution in [0.1, 0.15) is 38.5 Å². The van der Waals surface area contributed by atoms with Crippen LogP contribution in [-0.2, 0) is 14.3 Å².